The van der Waals surface area contributed by atoms with Gasteiger partial charge >= 0.3 is 11.9 Å². The summed E-state index contributed by atoms with van der Waals surface area (Å²) in [6, 6.07) is 7.33. The van der Waals surface area contributed by atoms with Gasteiger partial charge in [-0.2, -0.15) is 0 Å². The molecule has 94 valence electrons. The van der Waals surface area contributed by atoms with E-state index in [-0.39, 0.29) is 0 Å². The van der Waals surface area contributed by atoms with Crippen LogP contribution in [0, 0.1) is 5.41 Å². The van der Waals surface area contributed by atoms with Gasteiger partial charge in [-0.25, -0.2) is 0 Å². The van der Waals surface area contributed by atoms with E-state index in [0.717, 1.165) is 10.0 Å². The summed E-state index contributed by atoms with van der Waals surface area (Å²) in [5, 5.41) is 0. The standard InChI is InChI=1S/C13H11BrO4/c1-17-11(15)13(12(16)18-2)7-10(13)8-3-5-9(14)6-4-8/h3-7H,1-2H3. The van der Waals surface area contributed by atoms with Gasteiger partial charge in [-0.05, 0) is 29.3 Å². The molecule has 0 saturated carbocycles. The van der Waals surface area contributed by atoms with Crippen LogP contribution in [-0.2, 0) is 19.1 Å². The van der Waals surface area contributed by atoms with Crippen molar-refractivity contribution >= 4 is 33.4 Å². The maximum Gasteiger partial charge on any atom is 0.331 e. The fourth-order valence-corrected chi connectivity index (χ4v) is 2.13. The van der Waals surface area contributed by atoms with Crippen molar-refractivity contribution in [1.82, 2.24) is 0 Å². The van der Waals surface area contributed by atoms with Gasteiger partial charge in [-0.15, -0.1) is 0 Å². The average Bonchev–Trinajstić information content (AvgIpc) is 3.14. The second-order valence-corrected chi connectivity index (χ2v) is 4.77. The van der Waals surface area contributed by atoms with Crippen LogP contribution < -0.4 is 0 Å². The van der Waals surface area contributed by atoms with Crippen molar-refractivity contribution in [3.63, 3.8) is 0 Å². The Hall–Kier alpha value is -1.62. The van der Waals surface area contributed by atoms with Gasteiger partial charge in [0.2, 0.25) is 5.41 Å². The summed E-state index contributed by atoms with van der Waals surface area (Å²) in [5.41, 5.74) is 0.0554. The number of benzene rings is 1. The predicted octanol–water partition coefficient (Wildman–Crippen LogP) is 2.18. The SMILES string of the molecule is COC(=O)C1(C(=O)OC)C=C1c1ccc(Br)cc1. The van der Waals surface area contributed by atoms with E-state index in [1.54, 1.807) is 6.08 Å². The summed E-state index contributed by atoms with van der Waals surface area (Å²) in [4.78, 5) is 23.5. The Morgan fingerprint density at radius 1 is 1.06 bits per heavy atom. The minimum absolute atomic E-state index is 0.618. The summed E-state index contributed by atoms with van der Waals surface area (Å²) in [7, 11) is 2.50. The highest BCUT2D eigenvalue weighted by atomic mass is 79.9. The Morgan fingerprint density at radius 2 is 1.56 bits per heavy atom. The molecule has 0 saturated heterocycles. The van der Waals surface area contributed by atoms with Crippen LogP contribution in [0.3, 0.4) is 0 Å². The van der Waals surface area contributed by atoms with Gasteiger partial charge in [0.15, 0.2) is 0 Å². The minimum Gasteiger partial charge on any atom is -0.468 e. The monoisotopic (exact) mass is 310 g/mol. The average molecular weight is 311 g/mol. The number of rotatable bonds is 3. The number of hydrogen-bond acceptors (Lipinski definition) is 4. The van der Waals surface area contributed by atoms with Crippen molar-refractivity contribution in [3.8, 4) is 0 Å². The van der Waals surface area contributed by atoms with E-state index < -0.39 is 17.4 Å². The van der Waals surface area contributed by atoms with Crippen LogP contribution in [0.25, 0.3) is 5.57 Å². The number of halogens is 1. The lowest BCUT2D eigenvalue weighted by Gasteiger charge is -2.13. The van der Waals surface area contributed by atoms with Crippen LogP contribution in [0.4, 0.5) is 0 Å². The van der Waals surface area contributed by atoms with Crippen LogP contribution in [0.1, 0.15) is 5.56 Å². The van der Waals surface area contributed by atoms with Crippen molar-refractivity contribution in [3.05, 3.63) is 40.4 Å². The molecule has 5 heteroatoms. The number of esters is 2. The Morgan fingerprint density at radius 3 is 2.00 bits per heavy atom. The van der Waals surface area contributed by atoms with Crippen molar-refractivity contribution in [2.24, 2.45) is 5.41 Å². The van der Waals surface area contributed by atoms with Crippen LogP contribution in [-0.4, -0.2) is 26.2 Å². The normalized spacial score (nSPS) is 15.6. The fraction of sp³-hybridized carbons (Fsp3) is 0.231. The Kier molecular flexibility index (Phi) is 3.26. The highest BCUT2D eigenvalue weighted by Crippen LogP contribution is 2.52. The molecule has 0 aromatic heterocycles. The zero-order valence-corrected chi connectivity index (χ0v) is 11.5. The second-order valence-electron chi connectivity index (χ2n) is 3.86. The van der Waals surface area contributed by atoms with Crippen molar-refractivity contribution < 1.29 is 19.1 Å². The molecule has 1 aromatic rings. The molecule has 0 fully saturated rings. The highest BCUT2D eigenvalue weighted by molar-refractivity contribution is 9.10. The number of ether oxygens (including phenoxy) is 2. The lowest BCUT2D eigenvalue weighted by Crippen LogP contribution is -2.31. The van der Waals surface area contributed by atoms with E-state index in [0.29, 0.717) is 5.57 Å². The Labute approximate surface area is 113 Å². The molecule has 0 heterocycles. The quantitative estimate of drug-likeness (QED) is 0.634. The third-order valence-corrected chi connectivity index (χ3v) is 3.40. The molecule has 2 rings (SSSR count). The first-order valence-electron chi connectivity index (χ1n) is 5.22. The van der Waals surface area contributed by atoms with Crippen LogP contribution in [0.5, 0.6) is 0 Å². The molecule has 1 aliphatic carbocycles. The van der Waals surface area contributed by atoms with Gasteiger partial charge < -0.3 is 9.47 Å². The zero-order chi connectivity index (χ0) is 13.3. The number of methoxy groups -OCH3 is 2. The molecule has 1 aliphatic rings. The van der Waals surface area contributed by atoms with Crippen molar-refractivity contribution in [2.45, 2.75) is 0 Å². The molecule has 0 amide bonds. The van der Waals surface area contributed by atoms with Crippen LogP contribution >= 0.6 is 15.9 Å². The molecule has 4 nitrogen and oxygen atoms in total. The van der Waals surface area contributed by atoms with Gasteiger partial charge in [0.25, 0.3) is 0 Å². The second kappa shape index (κ2) is 4.57. The fourth-order valence-electron chi connectivity index (χ4n) is 1.86. The zero-order valence-electron chi connectivity index (χ0n) is 9.90. The van der Waals surface area contributed by atoms with Gasteiger partial charge in [0, 0.05) is 4.47 Å². The molecule has 18 heavy (non-hydrogen) atoms. The first-order valence-corrected chi connectivity index (χ1v) is 6.01. The number of carbonyl (C=O) groups is 2. The van der Waals surface area contributed by atoms with Gasteiger partial charge in [-0.3, -0.25) is 9.59 Å². The van der Waals surface area contributed by atoms with Gasteiger partial charge in [0.05, 0.1) is 14.2 Å². The topological polar surface area (TPSA) is 52.6 Å². The third-order valence-electron chi connectivity index (χ3n) is 2.87. The van der Waals surface area contributed by atoms with Gasteiger partial charge in [-0.1, -0.05) is 28.1 Å². The molecule has 0 unspecified atom stereocenters. The van der Waals surface area contributed by atoms with E-state index >= 15 is 0 Å². The maximum absolute atomic E-state index is 11.8. The molecule has 0 radical (unpaired) electrons. The molecule has 0 spiro atoms. The van der Waals surface area contributed by atoms with Crippen molar-refractivity contribution in [2.75, 3.05) is 14.2 Å². The molecule has 1 aromatic carbocycles. The summed E-state index contributed by atoms with van der Waals surface area (Å²) in [5.74, 6) is -1.24. The van der Waals surface area contributed by atoms with E-state index in [1.807, 2.05) is 24.3 Å². The van der Waals surface area contributed by atoms with E-state index in [9.17, 15) is 9.59 Å². The molecular formula is C13H11BrO4. The summed E-state index contributed by atoms with van der Waals surface area (Å²) < 4.78 is 10.3. The van der Waals surface area contributed by atoms with Crippen LogP contribution in [0.2, 0.25) is 0 Å². The largest absolute Gasteiger partial charge is 0.468 e. The maximum atomic E-state index is 11.8. The van der Waals surface area contributed by atoms with Crippen LogP contribution in [0.15, 0.2) is 34.8 Å². The summed E-state index contributed by atoms with van der Waals surface area (Å²) >= 11 is 3.33. The summed E-state index contributed by atoms with van der Waals surface area (Å²) in [6.07, 6.45) is 1.56. The number of carbonyl (C=O) groups excluding carboxylic acids is 2. The van der Waals surface area contributed by atoms with E-state index in [4.69, 9.17) is 0 Å². The molecule has 0 aliphatic heterocycles. The molecule has 0 atom stereocenters. The molecular weight excluding hydrogens is 300 g/mol. The first kappa shape index (κ1) is 12.8. The summed E-state index contributed by atoms with van der Waals surface area (Å²) in [6.45, 7) is 0. The van der Waals surface area contributed by atoms with E-state index in [2.05, 4.69) is 25.4 Å². The minimum atomic E-state index is -1.36. The lowest BCUT2D eigenvalue weighted by atomic mass is 9.96. The number of hydrogen-bond donors (Lipinski definition) is 0. The van der Waals surface area contributed by atoms with Crippen molar-refractivity contribution in [1.29, 1.82) is 0 Å². The smallest absolute Gasteiger partial charge is 0.331 e. The predicted molar refractivity (Wildman–Crippen MR) is 68.6 cm³/mol. The third kappa shape index (κ3) is 1.84. The molecule has 0 bridgehead atoms. The lowest BCUT2D eigenvalue weighted by molar-refractivity contribution is -0.158. The highest BCUT2D eigenvalue weighted by Gasteiger charge is 2.60. The van der Waals surface area contributed by atoms with Gasteiger partial charge in [0.1, 0.15) is 0 Å². The molecule has 0 N–H and O–H groups in total. The first-order chi connectivity index (χ1) is 8.56. The Balaban J connectivity index is 2.32. The Bertz CT molecular complexity index is 514. The van der Waals surface area contributed by atoms with E-state index in [1.165, 1.54) is 14.2 Å².